The van der Waals surface area contributed by atoms with E-state index in [9.17, 15) is 23.1 Å². The number of nitrogens with one attached hydrogen (secondary N) is 1. The van der Waals surface area contributed by atoms with Crippen molar-refractivity contribution in [1.82, 2.24) is 9.29 Å². The molecule has 0 aliphatic carbocycles. The fourth-order valence-corrected chi connectivity index (χ4v) is 4.50. The Bertz CT molecular complexity index is 1250. The molecule has 0 saturated carbocycles. The molecule has 31 heavy (non-hydrogen) atoms. The quantitative estimate of drug-likeness (QED) is 0.502. The SMILES string of the molecule is COC(=O)c1ccc(S(=O)(=O)N(CCO)Cc2cc3cc(OC)ccc3[nH]c2=O)cc1. The van der Waals surface area contributed by atoms with E-state index in [0.717, 1.165) is 4.31 Å². The van der Waals surface area contributed by atoms with Crippen LogP contribution >= 0.6 is 0 Å². The fraction of sp³-hybridized carbons (Fsp3) is 0.238. The predicted octanol–water partition coefficient (Wildman–Crippen LogP) is 1.51. The highest BCUT2D eigenvalue weighted by atomic mass is 32.2. The van der Waals surface area contributed by atoms with E-state index >= 15 is 0 Å². The maximum atomic E-state index is 13.1. The zero-order valence-corrected chi connectivity index (χ0v) is 17.8. The standard InChI is InChI=1S/C21H22N2O7S/c1-29-17-5-8-19-15(12-17)11-16(20(25)22-19)13-23(9-10-24)31(27,28)18-6-3-14(4-7-18)21(26)30-2/h3-8,11-12,24H,9-10,13H2,1-2H3,(H,22,25). The zero-order valence-electron chi connectivity index (χ0n) is 17.0. The molecule has 0 bridgehead atoms. The number of hydrogen-bond donors (Lipinski definition) is 2. The third-order valence-corrected chi connectivity index (χ3v) is 6.60. The van der Waals surface area contributed by atoms with Gasteiger partial charge in [-0.1, -0.05) is 0 Å². The van der Waals surface area contributed by atoms with Gasteiger partial charge in [0, 0.05) is 29.6 Å². The van der Waals surface area contributed by atoms with Crippen molar-refractivity contribution in [2.24, 2.45) is 0 Å². The molecule has 0 unspecified atom stereocenters. The van der Waals surface area contributed by atoms with Gasteiger partial charge in [0.15, 0.2) is 0 Å². The van der Waals surface area contributed by atoms with Gasteiger partial charge in [0.2, 0.25) is 10.0 Å². The monoisotopic (exact) mass is 446 g/mol. The summed E-state index contributed by atoms with van der Waals surface area (Å²) in [5.74, 6) is 0.00492. The largest absolute Gasteiger partial charge is 0.497 e. The molecule has 2 aromatic carbocycles. The Balaban J connectivity index is 1.97. The lowest BCUT2D eigenvalue weighted by Crippen LogP contribution is -2.35. The van der Waals surface area contributed by atoms with Crippen LogP contribution in [0.2, 0.25) is 0 Å². The number of rotatable bonds is 8. The minimum absolute atomic E-state index is 0.0764. The predicted molar refractivity (Wildman–Crippen MR) is 114 cm³/mol. The topological polar surface area (TPSA) is 126 Å². The summed E-state index contributed by atoms with van der Waals surface area (Å²) in [6, 6.07) is 12.0. The molecule has 1 aromatic heterocycles. The number of aromatic amines is 1. The molecule has 0 radical (unpaired) electrons. The van der Waals surface area contributed by atoms with Crippen molar-refractivity contribution in [2.45, 2.75) is 11.4 Å². The van der Waals surface area contributed by atoms with E-state index in [1.165, 1.54) is 38.5 Å². The number of methoxy groups -OCH3 is 2. The van der Waals surface area contributed by atoms with Gasteiger partial charge in [-0.3, -0.25) is 4.79 Å². The molecule has 164 valence electrons. The minimum Gasteiger partial charge on any atom is -0.497 e. The van der Waals surface area contributed by atoms with Crippen LogP contribution in [0.15, 0.2) is 58.2 Å². The van der Waals surface area contributed by atoms with Gasteiger partial charge in [-0.05, 0) is 48.5 Å². The van der Waals surface area contributed by atoms with Crippen molar-refractivity contribution in [3.8, 4) is 5.75 Å². The maximum absolute atomic E-state index is 13.1. The molecule has 0 aliphatic rings. The summed E-state index contributed by atoms with van der Waals surface area (Å²) >= 11 is 0. The summed E-state index contributed by atoms with van der Waals surface area (Å²) < 4.78 is 37.1. The number of esters is 1. The van der Waals surface area contributed by atoms with E-state index in [4.69, 9.17) is 4.74 Å². The second kappa shape index (κ2) is 9.29. The highest BCUT2D eigenvalue weighted by Crippen LogP contribution is 2.22. The first-order chi connectivity index (χ1) is 14.8. The molecule has 0 spiro atoms. The van der Waals surface area contributed by atoms with Crippen molar-refractivity contribution in [3.63, 3.8) is 0 Å². The van der Waals surface area contributed by atoms with E-state index in [0.29, 0.717) is 16.7 Å². The Morgan fingerprint density at radius 2 is 1.81 bits per heavy atom. The van der Waals surface area contributed by atoms with E-state index in [2.05, 4.69) is 9.72 Å². The van der Waals surface area contributed by atoms with Crippen LogP contribution in [0.1, 0.15) is 15.9 Å². The van der Waals surface area contributed by atoms with Crippen molar-refractivity contribution < 1.29 is 27.8 Å². The number of benzene rings is 2. The van der Waals surface area contributed by atoms with Crippen LogP contribution in [0.25, 0.3) is 10.9 Å². The number of nitrogens with zero attached hydrogens (tertiary/aromatic N) is 1. The first-order valence-electron chi connectivity index (χ1n) is 9.29. The minimum atomic E-state index is -4.05. The summed E-state index contributed by atoms with van der Waals surface area (Å²) in [6.45, 7) is -0.889. The molecule has 0 saturated heterocycles. The van der Waals surface area contributed by atoms with Crippen molar-refractivity contribution in [3.05, 3.63) is 70.0 Å². The smallest absolute Gasteiger partial charge is 0.337 e. The molecular formula is C21H22N2O7S. The van der Waals surface area contributed by atoms with Gasteiger partial charge in [-0.25, -0.2) is 13.2 Å². The van der Waals surface area contributed by atoms with Crippen LogP contribution in [-0.2, 0) is 21.3 Å². The molecule has 0 aliphatic heterocycles. The first kappa shape index (κ1) is 22.5. The number of aromatic nitrogens is 1. The van der Waals surface area contributed by atoms with Gasteiger partial charge in [0.1, 0.15) is 5.75 Å². The lowest BCUT2D eigenvalue weighted by molar-refractivity contribution is 0.0600. The van der Waals surface area contributed by atoms with Crippen molar-refractivity contribution >= 4 is 26.9 Å². The van der Waals surface area contributed by atoms with E-state index in [1.807, 2.05) is 0 Å². The zero-order chi connectivity index (χ0) is 22.6. The fourth-order valence-electron chi connectivity index (χ4n) is 3.09. The van der Waals surface area contributed by atoms with Crippen LogP contribution in [0.3, 0.4) is 0 Å². The van der Waals surface area contributed by atoms with Crippen LogP contribution in [-0.4, -0.2) is 56.2 Å². The summed E-state index contributed by atoms with van der Waals surface area (Å²) in [6.07, 6.45) is 0. The maximum Gasteiger partial charge on any atom is 0.337 e. The summed E-state index contributed by atoms with van der Waals surface area (Å²) in [5, 5.41) is 10.1. The number of fused-ring (bicyclic) bond motifs is 1. The number of carbonyl (C=O) groups excluding carboxylic acids is 1. The number of sulfonamides is 1. The molecule has 1 heterocycles. The van der Waals surface area contributed by atoms with Gasteiger partial charge in [0.25, 0.3) is 5.56 Å². The Hall–Kier alpha value is -3.21. The highest BCUT2D eigenvalue weighted by Gasteiger charge is 2.25. The lowest BCUT2D eigenvalue weighted by atomic mass is 10.1. The molecule has 3 rings (SSSR count). The lowest BCUT2D eigenvalue weighted by Gasteiger charge is -2.21. The van der Waals surface area contributed by atoms with E-state index < -0.39 is 28.2 Å². The molecule has 9 nitrogen and oxygen atoms in total. The van der Waals surface area contributed by atoms with Crippen LogP contribution in [0, 0.1) is 0 Å². The summed E-state index contributed by atoms with van der Waals surface area (Å²) in [7, 11) is -1.30. The van der Waals surface area contributed by atoms with Crippen molar-refractivity contribution in [1.29, 1.82) is 0 Å². The van der Waals surface area contributed by atoms with Crippen molar-refractivity contribution in [2.75, 3.05) is 27.4 Å². The normalized spacial score (nSPS) is 11.6. The first-order valence-corrected chi connectivity index (χ1v) is 10.7. The van der Waals surface area contributed by atoms with Gasteiger partial charge in [-0.2, -0.15) is 4.31 Å². The van der Waals surface area contributed by atoms with Crippen LogP contribution in [0.4, 0.5) is 0 Å². The summed E-state index contributed by atoms with van der Waals surface area (Å²) in [5.41, 5.74) is 0.570. The van der Waals surface area contributed by atoms with E-state index in [1.54, 1.807) is 24.3 Å². The number of carbonyl (C=O) groups is 1. The molecular weight excluding hydrogens is 424 g/mol. The van der Waals surface area contributed by atoms with E-state index in [-0.39, 0.29) is 29.1 Å². The number of pyridine rings is 1. The number of aliphatic hydroxyl groups is 1. The molecule has 0 atom stereocenters. The van der Waals surface area contributed by atoms with Gasteiger partial charge in [0.05, 0.1) is 31.3 Å². The molecule has 2 N–H and O–H groups in total. The number of ether oxygens (including phenoxy) is 2. The molecule has 3 aromatic rings. The van der Waals surface area contributed by atoms with Crippen LogP contribution in [0.5, 0.6) is 5.75 Å². The third kappa shape index (κ3) is 4.76. The Labute approximate surface area is 178 Å². The third-order valence-electron chi connectivity index (χ3n) is 4.74. The van der Waals surface area contributed by atoms with Gasteiger partial charge < -0.3 is 19.6 Å². The highest BCUT2D eigenvalue weighted by molar-refractivity contribution is 7.89. The average molecular weight is 446 g/mol. The Kier molecular flexibility index (Phi) is 6.74. The number of H-pyrrole nitrogens is 1. The summed E-state index contributed by atoms with van der Waals surface area (Å²) in [4.78, 5) is 26.8. The van der Waals surface area contributed by atoms with Crippen LogP contribution < -0.4 is 10.3 Å². The molecule has 0 amide bonds. The average Bonchev–Trinajstić information content (AvgIpc) is 2.78. The second-order valence-electron chi connectivity index (χ2n) is 6.66. The Morgan fingerprint density at radius 1 is 1.10 bits per heavy atom. The number of hydrogen-bond acceptors (Lipinski definition) is 7. The second-order valence-corrected chi connectivity index (χ2v) is 8.59. The van der Waals surface area contributed by atoms with Gasteiger partial charge >= 0.3 is 5.97 Å². The Morgan fingerprint density at radius 3 is 2.42 bits per heavy atom. The molecule has 10 heteroatoms. The van der Waals surface area contributed by atoms with Gasteiger partial charge in [-0.15, -0.1) is 0 Å². The number of aliphatic hydroxyl groups excluding tert-OH is 1. The molecule has 0 fully saturated rings.